The molecule has 1 N–H and O–H groups in total. The molecule has 0 bridgehead atoms. The molecule has 0 spiro atoms. The highest BCUT2D eigenvalue weighted by Gasteiger charge is 1.99. The van der Waals surface area contributed by atoms with Gasteiger partial charge in [0.25, 0.3) is 0 Å². The summed E-state index contributed by atoms with van der Waals surface area (Å²) in [5.74, 6) is -0.112. The molecule has 0 aliphatic heterocycles. The summed E-state index contributed by atoms with van der Waals surface area (Å²) in [6.45, 7) is 3.94. The van der Waals surface area contributed by atoms with Crippen LogP contribution >= 0.6 is 0 Å². The van der Waals surface area contributed by atoms with Crippen LogP contribution in [-0.2, 0) is 9.53 Å². The number of hydrogen-bond acceptors (Lipinski definition) is 3. The van der Waals surface area contributed by atoms with E-state index in [4.69, 9.17) is 4.74 Å². The van der Waals surface area contributed by atoms with Crippen LogP contribution in [0.25, 0.3) is 6.08 Å². The molecule has 1 rings (SSSR count). The Morgan fingerprint density at radius 2 is 2.11 bits per heavy atom. The third-order valence-electron chi connectivity index (χ3n) is 2.41. The minimum atomic E-state index is -0.112. The molecule has 0 aliphatic rings. The Labute approximate surface area is 109 Å². The number of benzene rings is 1. The second-order valence-corrected chi connectivity index (χ2v) is 3.93. The van der Waals surface area contributed by atoms with E-state index in [1.165, 1.54) is 5.56 Å². The molecular formula is C15H21NO2. The number of ether oxygens (including phenoxy) is 1. The smallest absolute Gasteiger partial charge is 0.305 e. The molecule has 3 heteroatoms. The Morgan fingerprint density at radius 3 is 2.83 bits per heavy atom. The van der Waals surface area contributed by atoms with E-state index < -0.39 is 0 Å². The first-order chi connectivity index (χ1) is 8.83. The van der Waals surface area contributed by atoms with E-state index in [0.29, 0.717) is 13.0 Å². The zero-order valence-corrected chi connectivity index (χ0v) is 10.9. The molecule has 0 fully saturated rings. The Hall–Kier alpha value is -1.61. The molecule has 1 aromatic carbocycles. The molecule has 18 heavy (non-hydrogen) atoms. The summed E-state index contributed by atoms with van der Waals surface area (Å²) in [5, 5.41) is 3.26. The lowest BCUT2D eigenvalue weighted by Gasteiger charge is -2.02. The molecular weight excluding hydrogens is 226 g/mol. The van der Waals surface area contributed by atoms with Gasteiger partial charge in [0.2, 0.25) is 0 Å². The van der Waals surface area contributed by atoms with E-state index >= 15 is 0 Å². The van der Waals surface area contributed by atoms with Gasteiger partial charge in [0.05, 0.1) is 6.61 Å². The van der Waals surface area contributed by atoms with Crippen molar-refractivity contribution in [3.8, 4) is 0 Å². The summed E-state index contributed by atoms with van der Waals surface area (Å²) in [6.07, 6.45) is 5.47. The third kappa shape index (κ3) is 6.86. The van der Waals surface area contributed by atoms with Crippen LogP contribution in [0.5, 0.6) is 0 Å². The van der Waals surface area contributed by atoms with Gasteiger partial charge in [-0.1, -0.05) is 42.5 Å². The van der Waals surface area contributed by atoms with Crippen molar-refractivity contribution in [1.29, 1.82) is 0 Å². The zero-order chi connectivity index (χ0) is 13.1. The molecule has 0 aliphatic carbocycles. The maximum absolute atomic E-state index is 11.1. The summed E-state index contributed by atoms with van der Waals surface area (Å²) in [6, 6.07) is 10.2. The fourth-order valence-corrected chi connectivity index (χ4v) is 1.54. The number of hydrogen-bond donors (Lipinski definition) is 1. The normalized spacial score (nSPS) is 10.7. The molecule has 1 aromatic rings. The monoisotopic (exact) mass is 247 g/mol. The standard InChI is InChI=1S/C15H21NO2/c1-2-18-15(17)11-7-13-16-12-6-10-14-8-4-3-5-9-14/h3-6,8-10,16H,2,7,11-13H2,1H3. The SMILES string of the molecule is CCOC(=O)CCCNCC=Cc1ccccc1. The summed E-state index contributed by atoms with van der Waals surface area (Å²) in [7, 11) is 0. The summed E-state index contributed by atoms with van der Waals surface area (Å²) < 4.78 is 4.85. The van der Waals surface area contributed by atoms with Gasteiger partial charge < -0.3 is 10.1 Å². The van der Waals surface area contributed by atoms with Gasteiger partial charge in [-0.25, -0.2) is 0 Å². The van der Waals surface area contributed by atoms with E-state index in [1.54, 1.807) is 0 Å². The zero-order valence-electron chi connectivity index (χ0n) is 10.9. The molecule has 0 saturated heterocycles. The van der Waals surface area contributed by atoms with E-state index in [1.807, 2.05) is 25.1 Å². The molecule has 0 heterocycles. The molecule has 0 amide bonds. The number of carbonyl (C=O) groups excluding carboxylic acids is 1. The van der Waals surface area contributed by atoms with E-state index in [2.05, 4.69) is 29.6 Å². The first kappa shape index (κ1) is 14.5. The van der Waals surface area contributed by atoms with Crippen LogP contribution < -0.4 is 5.32 Å². The first-order valence-electron chi connectivity index (χ1n) is 6.41. The van der Waals surface area contributed by atoms with Crippen molar-refractivity contribution in [2.75, 3.05) is 19.7 Å². The number of nitrogens with one attached hydrogen (secondary N) is 1. The predicted octanol–water partition coefficient (Wildman–Crippen LogP) is 2.63. The van der Waals surface area contributed by atoms with Crippen molar-refractivity contribution in [2.24, 2.45) is 0 Å². The van der Waals surface area contributed by atoms with E-state index in [-0.39, 0.29) is 5.97 Å². The lowest BCUT2D eigenvalue weighted by molar-refractivity contribution is -0.143. The fourth-order valence-electron chi connectivity index (χ4n) is 1.54. The average Bonchev–Trinajstić information content (AvgIpc) is 2.39. The van der Waals surface area contributed by atoms with Crippen molar-refractivity contribution >= 4 is 12.0 Å². The molecule has 0 aromatic heterocycles. The van der Waals surface area contributed by atoms with Crippen LogP contribution in [0.1, 0.15) is 25.3 Å². The first-order valence-corrected chi connectivity index (χ1v) is 6.41. The lowest BCUT2D eigenvalue weighted by Crippen LogP contribution is -2.16. The van der Waals surface area contributed by atoms with Crippen LogP contribution in [0.3, 0.4) is 0 Å². The minimum absolute atomic E-state index is 0.112. The van der Waals surface area contributed by atoms with E-state index in [9.17, 15) is 4.79 Å². The van der Waals surface area contributed by atoms with Crippen molar-refractivity contribution in [3.05, 3.63) is 42.0 Å². The van der Waals surface area contributed by atoms with Crippen molar-refractivity contribution in [3.63, 3.8) is 0 Å². The molecule has 0 atom stereocenters. The van der Waals surface area contributed by atoms with Gasteiger partial charge in [-0.15, -0.1) is 0 Å². The minimum Gasteiger partial charge on any atom is -0.466 e. The van der Waals surface area contributed by atoms with Gasteiger partial charge in [-0.2, -0.15) is 0 Å². The average molecular weight is 247 g/mol. The van der Waals surface area contributed by atoms with Gasteiger partial charge in [-0.3, -0.25) is 4.79 Å². The maximum Gasteiger partial charge on any atom is 0.305 e. The largest absolute Gasteiger partial charge is 0.466 e. The number of esters is 1. The molecule has 0 unspecified atom stereocenters. The summed E-state index contributed by atoms with van der Waals surface area (Å²) in [5.41, 5.74) is 1.20. The second kappa shape index (κ2) is 9.42. The van der Waals surface area contributed by atoms with Crippen molar-refractivity contribution in [1.82, 2.24) is 5.32 Å². The Bertz CT molecular complexity index is 360. The topological polar surface area (TPSA) is 38.3 Å². The lowest BCUT2D eigenvalue weighted by atomic mass is 10.2. The Balaban J connectivity index is 2.02. The van der Waals surface area contributed by atoms with E-state index in [0.717, 1.165) is 19.5 Å². The van der Waals surface area contributed by atoms with Gasteiger partial charge >= 0.3 is 5.97 Å². The number of carbonyl (C=O) groups is 1. The van der Waals surface area contributed by atoms with Gasteiger partial charge in [0.15, 0.2) is 0 Å². The quantitative estimate of drug-likeness (QED) is 0.567. The molecule has 3 nitrogen and oxygen atoms in total. The maximum atomic E-state index is 11.1. The highest BCUT2D eigenvalue weighted by Crippen LogP contribution is 2.00. The Kier molecular flexibility index (Phi) is 7.57. The fraction of sp³-hybridized carbons (Fsp3) is 0.400. The van der Waals surface area contributed by atoms with Gasteiger partial charge in [0, 0.05) is 13.0 Å². The molecule has 0 radical (unpaired) electrons. The van der Waals surface area contributed by atoms with Crippen LogP contribution in [0.4, 0.5) is 0 Å². The van der Waals surface area contributed by atoms with Crippen LogP contribution in [-0.4, -0.2) is 25.7 Å². The van der Waals surface area contributed by atoms with Crippen LogP contribution in [0.15, 0.2) is 36.4 Å². The van der Waals surface area contributed by atoms with Crippen LogP contribution in [0, 0.1) is 0 Å². The molecule has 0 saturated carbocycles. The Morgan fingerprint density at radius 1 is 1.33 bits per heavy atom. The van der Waals surface area contributed by atoms with Crippen molar-refractivity contribution < 1.29 is 9.53 Å². The summed E-state index contributed by atoms with van der Waals surface area (Å²) in [4.78, 5) is 11.1. The second-order valence-electron chi connectivity index (χ2n) is 3.93. The predicted molar refractivity (Wildman–Crippen MR) is 74.2 cm³/mol. The number of rotatable bonds is 8. The highest BCUT2D eigenvalue weighted by atomic mass is 16.5. The highest BCUT2D eigenvalue weighted by molar-refractivity contribution is 5.69. The van der Waals surface area contributed by atoms with Crippen molar-refractivity contribution in [2.45, 2.75) is 19.8 Å². The van der Waals surface area contributed by atoms with Gasteiger partial charge in [-0.05, 0) is 25.5 Å². The van der Waals surface area contributed by atoms with Gasteiger partial charge in [0.1, 0.15) is 0 Å². The van der Waals surface area contributed by atoms with Crippen LogP contribution in [0.2, 0.25) is 0 Å². The summed E-state index contributed by atoms with van der Waals surface area (Å²) >= 11 is 0. The third-order valence-corrected chi connectivity index (χ3v) is 2.41. The molecule has 98 valence electrons.